The number of ether oxygens (including phenoxy) is 1. The van der Waals surface area contributed by atoms with Gasteiger partial charge < -0.3 is 10.1 Å². The number of rotatable bonds is 6. The summed E-state index contributed by atoms with van der Waals surface area (Å²) in [6.07, 6.45) is 1.78. The van der Waals surface area contributed by atoms with E-state index in [1.165, 1.54) is 18.9 Å². The first-order chi connectivity index (χ1) is 11.1. The molecule has 1 aromatic heterocycles. The lowest BCUT2D eigenvalue weighted by molar-refractivity contribution is -0.140. The van der Waals surface area contributed by atoms with Crippen molar-refractivity contribution in [2.45, 2.75) is 16.3 Å². The van der Waals surface area contributed by atoms with E-state index in [9.17, 15) is 9.59 Å². The molecule has 0 unspecified atom stereocenters. The van der Waals surface area contributed by atoms with E-state index in [0.717, 1.165) is 9.37 Å². The molecule has 0 saturated heterocycles. The van der Waals surface area contributed by atoms with Crippen LogP contribution >= 0.6 is 27.7 Å². The van der Waals surface area contributed by atoms with Crippen molar-refractivity contribution in [3.05, 3.63) is 52.6 Å². The van der Waals surface area contributed by atoms with Gasteiger partial charge in [0.1, 0.15) is 5.03 Å². The maximum absolute atomic E-state index is 12.3. The molecule has 0 fully saturated rings. The third kappa shape index (κ3) is 5.37. The average Bonchev–Trinajstić information content (AvgIpc) is 2.57. The number of esters is 1. The summed E-state index contributed by atoms with van der Waals surface area (Å²) >= 11 is 4.80. The molecule has 0 saturated carbocycles. The summed E-state index contributed by atoms with van der Waals surface area (Å²) in [5.74, 6) is -0.623. The Morgan fingerprint density at radius 2 is 2.00 bits per heavy atom. The van der Waals surface area contributed by atoms with Crippen LogP contribution in [0.25, 0.3) is 0 Å². The van der Waals surface area contributed by atoms with Gasteiger partial charge in [-0.2, -0.15) is 0 Å². The first-order valence-corrected chi connectivity index (χ1v) is 8.44. The standard InChI is InChI=1S/C16H15BrN2O3S/c1-22-14(20)8-10-18-15(21)13-3-2-9-19-16(13)23-12-6-4-11(17)5-7-12/h2-7,9H,8,10H2,1H3,(H,18,21). The van der Waals surface area contributed by atoms with Gasteiger partial charge in [0.25, 0.3) is 5.91 Å². The predicted octanol–water partition coefficient (Wildman–Crippen LogP) is 3.29. The Morgan fingerprint density at radius 3 is 2.70 bits per heavy atom. The molecule has 1 amide bonds. The number of aromatic nitrogens is 1. The van der Waals surface area contributed by atoms with Crippen molar-refractivity contribution in [1.29, 1.82) is 0 Å². The van der Waals surface area contributed by atoms with Gasteiger partial charge in [-0.3, -0.25) is 9.59 Å². The van der Waals surface area contributed by atoms with E-state index in [1.807, 2.05) is 24.3 Å². The minimum Gasteiger partial charge on any atom is -0.469 e. The predicted molar refractivity (Wildman–Crippen MR) is 91.5 cm³/mol. The number of benzene rings is 1. The number of pyridine rings is 1. The number of nitrogens with one attached hydrogen (secondary N) is 1. The Labute approximate surface area is 147 Å². The topological polar surface area (TPSA) is 68.3 Å². The summed E-state index contributed by atoms with van der Waals surface area (Å²) in [6, 6.07) is 11.2. The maximum atomic E-state index is 12.3. The van der Waals surface area contributed by atoms with Crippen molar-refractivity contribution in [3.8, 4) is 0 Å². The second kappa shape index (κ2) is 8.69. The molecule has 2 rings (SSSR count). The Morgan fingerprint density at radius 1 is 1.26 bits per heavy atom. The van der Waals surface area contributed by atoms with Crippen molar-refractivity contribution >= 4 is 39.6 Å². The van der Waals surface area contributed by atoms with E-state index in [4.69, 9.17) is 0 Å². The SMILES string of the molecule is COC(=O)CCNC(=O)c1cccnc1Sc1ccc(Br)cc1. The summed E-state index contributed by atoms with van der Waals surface area (Å²) in [5.41, 5.74) is 0.477. The van der Waals surface area contributed by atoms with Crippen molar-refractivity contribution in [3.63, 3.8) is 0 Å². The van der Waals surface area contributed by atoms with Crippen LogP contribution < -0.4 is 5.32 Å². The summed E-state index contributed by atoms with van der Waals surface area (Å²) in [7, 11) is 1.32. The van der Waals surface area contributed by atoms with Crippen molar-refractivity contribution in [1.82, 2.24) is 10.3 Å². The Bertz CT molecular complexity index is 692. The molecular formula is C16H15BrN2O3S. The Kier molecular flexibility index (Phi) is 6.61. The zero-order valence-corrected chi connectivity index (χ0v) is 14.8. The van der Waals surface area contributed by atoms with Gasteiger partial charge >= 0.3 is 5.97 Å². The van der Waals surface area contributed by atoms with Crippen LogP contribution in [0.1, 0.15) is 16.8 Å². The number of methoxy groups -OCH3 is 1. The zero-order chi connectivity index (χ0) is 16.7. The molecule has 1 N–H and O–H groups in total. The summed E-state index contributed by atoms with van der Waals surface area (Å²) in [6.45, 7) is 0.225. The Balaban J connectivity index is 2.06. The van der Waals surface area contributed by atoms with Gasteiger partial charge in [0.15, 0.2) is 0 Å². The molecule has 0 spiro atoms. The third-order valence-electron chi connectivity index (χ3n) is 2.89. The number of halogens is 1. The number of hydrogen-bond donors (Lipinski definition) is 1. The van der Waals surface area contributed by atoms with Crippen LogP contribution in [0.2, 0.25) is 0 Å². The highest BCUT2D eigenvalue weighted by Gasteiger charge is 2.13. The number of amides is 1. The largest absolute Gasteiger partial charge is 0.469 e. The highest BCUT2D eigenvalue weighted by atomic mass is 79.9. The summed E-state index contributed by atoms with van der Waals surface area (Å²) < 4.78 is 5.53. The zero-order valence-electron chi connectivity index (χ0n) is 12.4. The average molecular weight is 395 g/mol. The van der Waals surface area contributed by atoms with Crippen LogP contribution in [-0.2, 0) is 9.53 Å². The van der Waals surface area contributed by atoms with Crippen LogP contribution in [0.5, 0.6) is 0 Å². The van der Waals surface area contributed by atoms with Crippen LogP contribution in [0.4, 0.5) is 0 Å². The molecular weight excluding hydrogens is 380 g/mol. The van der Waals surface area contributed by atoms with Crippen LogP contribution in [0.15, 0.2) is 57.0 Å². The van der Waals surface area contributed by atoms with E-state index in [0.29, 0.717) is 10.6 Å². The molecule has 2 aromatic rings. The molecule has 120 valence electrons. The van der Waals surface area contributed by atoms with Crippen molar-refractivity contribution in [2.24, 2.45) is 0 Å². The van der Waals surface area contributed by atoms with E-state index in [2.05, 4.69) is 31.0 Å². The number of hydrogen-bond acceptors (Lipinski definition) is 5. The van der Waals surface area contributed by atoms with E-state index in [1.54, 1.807) is 18.3 Å². The second-order valence-electron chi connectivity index (χ2n) is 4.49. The fraction of sp³-hybridized carbons (Fsp3) is 0.188. The molecule has 0 atom stereocenters. The quantitative estimate of drug-likeness (QED) is 0.761. The van der Waals surface area contributed by atoms with Gasteiger partial charge in [-0.05, 0) is 36.4 Å². The fourth-order valence-corrected chi connectivity index (χ4v) is 2.88. The lowest BCUT2D eigenvalue weighted by Gasteiger charge is -2.08. The Hall–Kier alpha value is -1.86. The van der Waals surface area contributed by atoms with Crippen molar-refractivity contribution in [2.75, 3.05) is 13.7 Å². The molecule has 0 aliphatic heterocycles. The van der Waals surface area contributed by atoms with E-state index < -0.39 is 0 Å². The lowest BCUT2D eigenvalue weighted by Crippen LogP contribution is -2.27. The first-order valence-electron chi connectivity index (χ1n) is 6.83. The van der Waals surface area contributed by atoms with Gasteiger partial charge in [-0.25, -0.2) is 4.98 Å². The molecule has 23 heavy (non-hydrogen) atoms. The maximum Gasteiger partial charge on any atom is 0.307 e. The third-order valence-corrected chi connectivity index (χ3v) is 4.44. The van der Waals surface area contributed by atoms with Crippen molar-refractivity contribution < 1.29 is 14.3 Å². The normalized spacial score (nSPS) is 10.2. The second-order valence-corrected chi connectivity index (χ2v) is 6.47. The highest BCUT2D eigenvalue weighted by Crippen LogP contribution is 2.29. The first kappa shape index (κ1) is 17.5. The summed E-state index contributed by atoms with van der Waals surface area (Å²) in [4.78, 5) is 28.6. The van der Waals surface area contributed by atoms with E-state index >= 15 is 0 Å². The number of nitrogens with zero attached hydrogens (tertiary/aromatic N) is 1. The van der Waals surface area contributed by atoms with Crippen LogP contribution in [0, 0.1) is 0 Å². The number of carbonyl (C=O) groups excluding carboxylic acids is 2. The molecule has 7 heteroatoms. The van der Waals surface area contributed by atoms with Crippen LogP contribution in [0.3, 0.4) is 0 Å². The molecule has 0 radical (unpaired) electrons. The van der Waals surface area contributed by atoms with Gasteiger partial charge in [-0.15, -0.1) is 0 Å². The molecule has 1 heterocycles. The minimum atomic E-state index is -0.360. The highest BCUT2D eigenvalue weighted by molar-refractivity contribution is 9.10. The van der Waals surface area contributed by atoms with Gasteiger partial charge in [0.2, 0.25) is 0 Å². The van der Waals surface area contributed by atoms with Crippen LogP contribution in [-0.4, -0.2) is 30.5 Å². The van der Waals surface area contributed by atoms with Gasteiger partial charge in [0.05, 0.1) is 19.1 Å². The molecule has 5 nitrogen and oxygen atoms in total. The van der Waals surface area contributed by atoms with Gasteiger partial charge in [-0.1, -0.05) is 27.7 Å². The minimum absolute atomic E-state index is 0.137. The number of carbonyl (C=O) groups is 2. The summed E-state index contributed by atoms with van der Waals surface area (Å²) in [5, 5.41) is 3.31. The molecule has 0 aliphatic carbocycles. The fourth-order valence-electron chi connectivity index (χ4n) is 1.73. The molecule has 0 bridgehead atoms. The van der Waals surface area contributed by atoms with Gasteiger partial charge in [0, 0.05) is 22.1 Å². The molecule has 0 aliphatic rings. The smallest absolute Gasteiger partial charge is 0.307 e. The van der Waals surface area contributed by atoms with E-state index in [-0.39, 0.29) is 24.8 Å². The monoisotopic (exact) mass is 394 g/mol. The molecule has 1 aromatic carbocycles. The lowest BCUT2D eigenvalue weighted by atomic mass is 10.2.